The Morgan fingerprint density at radius 2 is 1.90 bits per heavy atom. The Morgan fingerprint density at radius 1 is 1.30 bits per heavy atom. The lowest BCUT2D eigenvalue weighted by Gasteiger charge is -2.14. The first-order chi connectivity index (χ1) is 9.38. The van der Waals surface area contributed by atoms with Crippen LogP contribution in [0.25, 0.3) is 0 Å². The summed E-state index contributed by atoms with van der Waals surface area (Å²) in [4.78, 5) is 12.9. The maximum atomic E-state index is 12.1. The molecule has 112 valence electrons. The van der Waals surface area contributed by atoms with Crippen LogP contribution in [0.15, 0.2) is 11.0 Å². The minimum absolute atomic E-state index is 0.00955. The van der Waals surface area contributed by atoms with Crippen molar-refractivity contribution in [3.8, 4) is 0 Å². The second-order valence-corrected chi connectivity index (χ2v) is 7.88. The second kappa shape index (κ2) is 6.24. The van der Waals surface area contributed by atoms with Gasteiger partial charge in [0.05, 0.1) is 4.90 Å². The molecule has 0 saturated heterocycles. The number of thiophene rings is 1. The van der Waals surface area contributed by atoms with Crippen LogP contribution in [0.3, 0.4) is 0 Å². The van der Waals surface area contributed by atoms with Crippen molar-refractivity contribution < 1.29 is 17.9 Å². The first-order valence-corrected chi connectivity index (χ1v) is 9.08. The average molecular weight is 317 g/mol. The summed E-state index contributed by atoms with van der Waals surface area (Å²) in [5, 5.41) is 5.10. The fourth-order valence-corrected chi connectivity index (χ4v) is 4.45. The van der Waals surface area contributed by atoms with Crippen LogP contribution < -0.4 is 5.14 Å². The summed E-state index contributed by atoms with van der Waals surface area (Å²) in [6.07, 6.45) is 6.23. The number of esters is 1. The van der Waals surface area contributed by atoms with Gasteiger partial charge in [-0.2, -0.15) is 0 Å². The minimum atomic E-state index is -3.78. The second-order valence-electron chi connectivity index (χ2n) is 5.09. The molecule has 2 N–H and O–H groups in total. The van der Waals surface area contributed by atoms with Crippen LogP contribution in [-0.2, 0) is 14.8 Å². The molecule has 7 heteroatoms. The lowest BCUT2D eigenvalue weighted by molar-refractivity contribution is 0.0273. The molecule has 1 fully saturated rings. The Morgan fingerprint density at radius 3 is 2.40 bits per heavy atom. The summed E-state index contributed by atoms with van der Waals surface area (Å²) in [5.41, 5.74) is 0. The van der Waals surface area contributed by atoms with Gasteiger partial charge in [-0.25, -0.2) is 18.4 Å². The summed E-state index contributed by atoms with van der Waals surface area (Å²) in [6, 6.07) is 1.31. The fourth-order valence-electron chi connectivity index (χ4n) is 2.42. The van der Waals surface area contributed by atoms with Crippen LogP contribution in [0.1, 0.15) is 53.1 Å². The number of aryl methyl sites for hydroxylation is 1. The van der Waals surface area contributed by atoms with Crippen LogP contribution in [0.5, 0.6) is 0 Å². The van der Waals surface area contributed by atoms with Gasteiger partial charge in [0.25, 0.3) is 0 Å². The standard InChI is InChI=1S/C13H19NO4S2/c1-9-12(20(14,16)17)8-11(19-9)13(15)18-10-6-4-2-3-5-7-10/h8,10H,2-7H2,1H3,(H2,14,16,17). The van der Waals surface area contributed by atoms with E-state index in [2.05, 4.69) is 0 Å². The fraction of sp³-hybridized carbons (Fsp3) is 0.615. The van der Waals surface area contributed by atoms with Gasteiger partial charge in [-0.1, -0.05) is 12.8 Å². The quantitative estimate of drug-likeness (QED) is 0.685. The molecule has 0 spiro atoms. The van der Waals surface area contributed by atoms with E-state index < -0.39 is 16.0 Å². The predicted octanol–water partition coefficient (Wildman–Crippen LogP) is 2.58. The first-order valence-electron chi connectivity index (χ1n) is 6.72. The molecule has 2 rings (SSSR count). The van der Waals surface area contributed by atoms with Crippen molar-refractivity contribution in [1.82, 2.24) is 0 Å². The van der Waals surface area contributed by atoms with E-state index >= 15 is 0 Å². The normalized spacial score (nSPS) is 17.7. The molecule has 0 radical (unpaired) electrons. The van der Waals surface area contributed by atoms with E-state index in [1.165, 1.54) is 18.9 Å². The van der Waals surface area contributed by atoms with Gasteiger partial charge in [0.15, 0.2) is 0 Å². The van der Waals surface area contributed by atoms with Crippen molar-refractivity contribution >= 4 is 27.3 Å². The summed E-state index contributed by atoms with van der Waals surface area (Å²) < 4.78 is 28.2. The Bertz CT molecular complexity index is 584. The molecule has 20 heavy (non-hydrogen) atoms. The van der Waals surface area contributed by atoms with Gasteiger partial charge in [-0.05, 0) is 38.7 Å². The average Bonchev–Trinajstić information content (AvgIpc) is 2.58. The molecule has 1 aliphatic carbocycles. The zero-order valence-electron chi connectivity index (χ0n) is 11.4. The van der Waals surface area contributed by atoms with E-state index in [-0.39, 0.29) is 11.0 Å². The first kappa shape index (κ1) is 15.5. The Hall–Kier alpha value is -0.920. The molecule has 1 aliphatic rings. The molecule has 0 amide bonds. The van der Waals surface area contributed by atoms with Gasteiger partial charge < -0.3 is 4.74 Å². The highest BCUT2D eigenvalue weighted by atomic mass is 32.2. The van der Waals surface area contributed by atoms with Crippen LogP contribution in [-0.4, -0.2) is 20.5 Å². The molecule has 0 aromatic carbocycles. The Balaban J connectivity index is 2.09. The molecular weight excluding hydrogens is 298 g/mol. The molecule has 1 saturated carbocycles. The topological polar surface area (TPSA) is 86.5 Å². The van der Waals surface area contributed by atoms with Crippen LogP contribution >= 0.6 is 11.3 Å². The zero-order chi connectivity index (χ0) is 14.8. The number of nitrogens with two attached hydrogens (primary N) is 1. The van der Waals surface area contributed by atoms with Gasteiger partial charge in [0.1, 0.15) is 11.0 Å². The molecule has 0 atom stereocenters. The molecular formula is C13H19NO4S2. The van der Waals surface area contributed by atoms with Crippen molar-refractivity contribution in [1.29, 1.82) is 0 Å². The van der Waals surface area contributed by atoms with Gasteiger partial charge in [0.2, 0.25) is 10.0 Å². The smallest absolute Gasteiger partial charge is 0.348 e. The van der Waals surface area contributed by atoms with Crippen molar-refractivity contribution in [2.24, 2.45) is 5.14 Å². The molecule has 1 heterocycles. The van der Waals surface area contributed by atoms with E-state index in [0.717, 1.165) is 37.0 Å². The van der Waals surface area contributed by atoms with Crippen molar-refractivity contribution in [3.63, 3.8) is 0 Å². The summed E-state index contributed by atoms with van der Waals surface area (Å²) in [7, 11) is -3.78. The minimum Gasteiger partial charge on any atom is -0.458 e. The third-order valence-electron chi connectivity index (χ3n) is 3.46. The maximum Gasteiger partial charge on any atom is 0.348 e. The summed E-state index contributed by atoms with van der Waals surface area (Å²) in [5.74, 6) is -0.445. The third-order valence-corrected chi connectivity index (χ3v) is 5.65. The number of hydrogen-bond acceptors (Lipinski definition) is 5. The molecule has 0 bridgehead atoms. The highest BCUT2D eigenvalue weighted by molar-refractivity contribution is 7.89. The maximum absolute atomic E-state index is 12.1. The van der Waals surface area contributed by atoms with Crippen molar-refractivity contribution in [2.75, 3.05) is 0 Å². The molecule has 0 unspecified atom stereocenters. The van der Waals surface area contributed by atoms with Crippen LogP contribution in [0.4, 0.5) is 0 Å². The monoisotopic (exact) mass is 317 g/mol. The van der Waals surface area contributed by atoms with Gasteiger partial charge >= 0.3 is 5.97 Å². The molecule has 5 nitrogen and oxygen atoms in total. The summed E-state index contributed by atoms with van der Waals surface area (Å²) in [6.45, 7) is 1.63. The van der Waals surface area contributed by atoms with Crippen LogP contribution in [0.2, 0.25) is 0 Å². The number of ether oxygens (including phenoxy) is 1. The Labute approximate surface area is 123 Å². The molecule has 1 aromatic rings. The van der Waals surface area contributed by atoms with Gasteiger partial charge in [-0.3, -0.25) is 0 Å². The van der Waals surface area contributed by atoms with Crippen molar-refractivity contribution in [3.05, 3.63) is 15.8 Å². The number of primary sulfonamides is 1. The highest BCUT2D eigenvalue weighted by Gasteiger charge is 2.23. The number of sulfonamides is 1. The van der Waals surface area contributed by atoms with E-state index in [0.29, 0.717) is 9.75 Å². The van der Waals surface area contributed by atoms with Crippen LogP contribution in [0, 0.1) is 6.92 Å². The van der Waals surface area contributed by atoms with E-state index in [1.807, 2.05) is 0 Å². The van der Waals surface area contributed by atoms with E-state index in [1.54, 1.807) is 6.92 Å². The Kier molecular flexibility index (Phi) is 4.82. The largest absolute Gasteiger partial charge is 0.458 e. The lowest BCUT2D eigenvalue weighted by Crippen LogP contribution is -2.17. The molecule has 0 aliphatic heterocycles. The zero-order valence-corrected chi connectivity index (χ0v) is 13.1. The third kappa shape index (κ3) is 3.80. The number of carbonyl (C=O) groups is 1. The summed E-state index contributed by atoms with van der Waals surface area (Å²) >= 11 is 1.11. The molecule has 1 aromatic heterocycles. The lowest BCUT2D eigenvalue weighted by atomic mass is 10.1. The van der Waals surface area contributed by atoms with E-state index in [4.69, 9.17) is 9.88 Å². The SMILES string of the molecule is Cc1sc(C(=O)OC2CCCCCC2)cc1S(N)(=O)=O. The predicted molar refractivity (Wildman–Crippen MR) is 77.3 cm³/mol. The number of hydrogen-bond donors (Lipinski definition) is 1. The van der Waals surface area contributed by atoms with Gasteiger partial charge in [0, 0.05) is 4.88 Å². The van der Waals surface area contributed by atoms with Gasteiger partial charge in [-0.15, -0.1) is 11.3 Å². The highest BCUT2D eigenvalue weighted by Crippen LogP contribution is 2.27. The number of carbonyl (C=O) groups excluding carboxylic acids is 1. The number of rotatable bonds is 3. The van der Waals surface area contributed by atoms with Crippen molar-refractivity contribution in [2.45, 2.75) is 56.4 Å². The van der Waals surface area contributed by atoms with E-state index in [9.17, 15) is 13.2 Å².